The molecule has 1 amide bonds. The Morgan fingerprint density at radius 3 is 1.37 bits per heavy atom. The van der Waals surface area contributed by atoms with Crippen molar-refractivity contribution < 1.29 is 37.9 Å². The number of ether oxygens (including phenoxy) is 1. The van der Waals surface area contributed by atoms with E-state index in [1.807, 2.05) is 12.2 Å². The molecule has 0 saturated carbocycles. The number of hydrogen-bond donors (Lipinski definition) is 3. The minimum absolute atomic E-state index is 0.0187. The van der Waals surface area contributed by atoms with Crippen LogP contribution in [0.4, 0.5) is 0 Å². The third kappa shape index (κ3) is 51.5. The number of carbonyl (C=O) groups is 2. The van der Waals surface area contributed by atoms with E-state index in [0.717, 1.165) is 70.6 Å². The number of esters is 1. The van der Waals surface area contributed by atoms with Crippen LogP contribution in [0.5, 0.6) is 0 Å². The standard InChI is InChI=1S/C55H92NO8P/c1-3-5-7-9-11-13-15-17-19-21-23-25-26-28-30-32-34-36-38-40-42-44-46-48-55(59)62-51-53(57)52-64-65(60,61)63-50-49-56-54(58)47-45-43-41-39-37-35-33-31-29-27-24-22-20-18-16-14-12-10-8-6-4-2/h6,8,11-14,17-20,24,27,31,33,37,39,43,45,53,57H,3-5,7,9-10,15-16,21-23,25-26,28-30,32,34-36,38,40-42,44,46-52H2,1-2H3,(H,56,58)(H,60,61)/b8-6-,13-11-,14-12-,19-17-,20-18-,27-24-,33-31-,39-37-,45-43-. The number of amides is 1. The highest BCUT2D eigenvalue weighted by Gasteiger charge is 2.23. The van der Waals surface area contributed by atoms with Crippen LogP contribution in [0.15, 0.2) is 109 Å². The Labute approximate surface area is 397 Å². The molecule has 2 atom stereocenters. The summed E-state index contributed by atoms with van der Waals surface area (Å²) in [6, 6.07) is 0. The predicted molar refractivity (Wildman–Crippen MR) is 275 cm³/mol. The summed E-state index contributed by atoms with van der Waals surface area (Å²) in [4.78, 5) is 34.0. The SMILES string of the molecule is CC/C=C\C/C=C\C/C=C\C/C=C\C/C=C\C/C=C\C/C=C\CC(=O)NCCOP(=O)(O)OCC(O)COC(=O)CCCCCCCCCCCCCCC/C=C\C/C=C\CCCCC. The van der Waals surface area contributed by atoms with Crippen molar-refractivity contribution in [3.63, 3.8) is 0 Å². The third-order valence-corrected chi connectivity index (χ3v) is 11.2. The van der Waals surface area contributed by atoms with Gasteiger partial charge in [-0.15, -0.1) is 0 Å². The molecule has 9 nitrogen and oxygen atoms in total. The second-order valence-electron chi connectivity index (χ2n) is 16.4. The lowest BCUT2D eigenvalue weighted by Gasteiger charge is -2.15. The molecule has 0 radical (unpaired) electrons. The summed E-state index contributed by atoms with van der Waals surface area (Å²) in [7, 11) is -4.46. The Morgan fingerprint density at radius 1 is 0.508 bits per heavy atom. The fourth-order valence-electron chi connectivity index (χ4n) is 6.43. The molecule has 0 aromatic carbocycles. The van der Waals surface area contributed by atoms with Gasteiger partial charge < -0.3 is 20.1 Å². The quantitative estimate of drug-likeness (QED) is 0.0238. The van der Waals surface area contributed by atoms with Crippen molar-refractivity contribution >= 4 is 19.7 Å². The lowest BCUT2D eigenvalue weighted by molar-refractivity contribution is -0.147. The molecule has 0 bridgehead atoms. The van der Waals surface area contributed by atoms with Gasteiger partial charge in [-0.25, -0.2) is 4.57 Å². The molecule has 0 aliphatic carbocycles. The van der Waals surface area contributed by atoms with E-state index < -0.39 is 26.5 Å². The Balaban J connectivity index is 3.68. The average molecular weight is 926 g/mol. The normalized spacial score (nSPS) is 14.1. The summed E-state index contributed by atoms with van der Waals surface area (Å²) in [5, 5.41) is 12.7. The van der Waals surface area contributed by atoms with Crippen LogP contribution in [0.3, 0.4) is 0 Å². The van der Waals surface area contributed by atoms with Crippen LogP contribution in [0.2, 0.25) is 0 Å². The molecule has 370 valence electrons. The highest BCUT2D eigenvalue weighted by Crippen LogP contribution is 2.42. The van der Waals surface area contributed by atoms with Crippen molar-refractivity contribution in [3.8, 4) is 0 Å². The van der Waals surface area contributed by atoms with E-state index in [1.165, 1.54) is 96.3 Å². The van der Waals surface area contributed by atoms with Crippen LogP contribution in [-0.2, 0) is 27.9 Å². The Kier molecular flexibility index (Phi) is 47.5. The van der Waals surface area contributed by atoms with Crippen LogP contribution in [-0.4, -0.2) is 54.3 Å². The van der Waals surface area contributed by atoms with E-state index >= 15 is 0 Å². The molecule has 0 heterocycles. The van der Waals surface area contributed by atoms with E-state index in [-0.39, 0.29) is 38.5 Å². The van der Waals surface area contributed by atoms with Crippen LogP contribution in [0.25, 0.3) is 0 Å². The number of aliphatic hydroxyl groups excluding tert-OH is 1. The van der Waals surface area contributed by atoms with Crippen LogP contribution >= 0.6 is 7.82 Å². The van der Waals surface area contributed by atoms with E-state index in [4.69, 9.17) is 13.8 Å². The van der Waals surface area contributed by atoms with E-state index in [0.29, 0.717) is 0 Å². The van der Waals surface area contributed by atoms with Crippen molar-refractivity contribution in [2.75, 3.05) is 26.4 Å². The largest absolute Gasteiger partial charge is 0.472 e. The van der Waals surface area contributed by atoms with Crippen molar-refractivity contribution in [2.24, 2.45) is 0 Å². The molecule has 0 rings (SSSR count). The summed E-state index contributed by atoms with van der Waals surface area (Å²) in [5.74, 6) is -0.656. The highest BCUT2D eigenvalue weighted by atomic mass is 31.2. The molecule has 0 aromatic rings. The molecule has 3 N–H and O–H groups in total. The molecule has 0 saturated heterocycles. The molecule has 0 spiro atoms. The topological polar surface area (TPSA) is 131 Å². The second kappa shape index (κ2) is 50.1. The average Bonchev–Trinajstić information content (AvgIpc) is 3.29. The summed E-state index contributed by atoms with van der Waals surface area (Å²) >= 11 is 0. The number of nitrogens with one attached hydrogen (secondary N) is 1. The number of phosphoric ester groups is 1. The monoisotopic (exact) mass is 926 g/mol. The number of hydrogen-bond acceptors (Lipinski definition) is 7. The number of carbonyl (C=O) groups excluding carboxylic acids is 2. The van der Waals surface area contributed by atoms with Gasteiger partial charge in [0.2, 0.25) is 5.91 Å². The molecule has 0 fully saturated rings. The molecule has 0 aliphatic heterocycles. The van der Waals surface area contributed by atoms with Crippen LogP contribution in [0.1, 0.15) is 194 Å². The number of rotatable bonds is 46. The van der Waals surface area contributed by atoms with Gasteiger partial charge in [0.1, 0.15) is 12.7 Å². The Bertz CT molecular complexity index is 1430. The lowest BCUT2D eigenvalue weighted by atomic mass is 10.0. The molecule has 0 aliphatic rings. The fourth-order valence-corrected chi connectivity index (χ4v) is 7.19. The number of aliphatic hydroxyl groups is 1. The first kappa shape index (κ1) is 61.7. The van der Waals surface area contributed by atoms with Gasteiger partial charge in [-0.1, -0.05) is 207 Å². The fraction of sp³-hybridized carbons (Fsp3) is 0.636. The van der Waals surface area contributed by atoms with Crippen LogP contribution in [0, 0.1) is 0 Å². The summed E-state index contributed by atoms with van der Waals surface area (Å²) < 4.78 is 26.9. The zero-order valence-corrected chi connectivity index (χ0v) is 41.8. The first-order chi connectivity index (χ1) is 31.8. The van der Waals surface area contributed by atoms with Gasteiger partial charge >= 0.3 is 13.8 Å². The van der Waals surface area contributed by atoms with Gasteiger partial charge in [0.05, 0.1) is 13.2 Å². The number of unbranched alkanes of at least 4 members (excludes halogenated alkanes) is 16. The molecule has 10 heteroatoms. The Hall–Kier alpha value is -3.33. The molecule has 65 heavy (non-hydrogen) atoms. The molecular formula is C55H92NO8P. The second-order valence-corrected chi connectivity index (χ2v) is 17.9. The van der Waals surface area contributed by atoms with E-state index in [2.05, 4.69) is 110 Å². The first-order valence-corrected chi connectivity index (χ1v) is 26.9. The van der Waals surface area contributed by atoms with E-state index in [9.17, 15) is 24.2 Å². The van der Waals surface area contributed by atoms with Gasteiger partial charge in [0.15, 0.2) is 0 Å². The van der Waals surface area contributed by atoms with Gasteiger partial charge in [-0.2, -0.15) is 0 Å². The Morgan fingerprint density at radius 2 is 0.908 bits per heavy atom. The van der Waals surface area contributed by atoms with Gasteiger partial charge in [-0.05, 0) is 83.5 Å². The van der Waals surface area contributed by atoms with Crippen LogP contribution < -0.4 is 5.32 Å². The van der Waals surface area contributed by atoms with Crippen molar-refractivity contribution in [1.29, 1.82) is 0 Å². The minimum atomic E-state index is -4.46. The summed E-state index contributed by atoms with van der Waals surface area (Å²) in [5.41, 5.74) is 0. The van der Waals surface area contributed by atoms with Gasteiger partial charge in [-0.3, -0.25) is 18.6 Å². The lowest BCUT2D eigenvalue weighted by Crippen LogP contribution is -2.26. The van der Waals surface area contributed by atoms with E-state index in [1.54, 1.807) is 6.08 Å². The maximum absolute atomic E-state index is 12.1. The predicted octanol–water partition coefficient (Wildman–Crippen LogP) is 15.1. The van der Waals surface area contributed by atoms with Crippen molar-refractivity contribution in [1.82, 2.24) is 5.32 Å². The maximum atomic E-state index is 12.1. The third-order valence-electron chi connectivity index (χ3n) is 10.2. The van der Waals surface area contributed by atoms with Gasteiger partial charge in [0, 0.05) is 19.4 Å². The molecular weight excluding hydrogens is 834 g/mol. The molecule has 2 unspecified atom stereocenters. The zero-order valence-electron chi connectivity index (χ0n) is 40.9. The van der Waals surface area contributed by atoms with Crippen molar-refractivity contribution in [2.45, 2.75) is 200 Å². The number of allylic oxidation sites excluding steroid dienone is 17. The maximum Gasteiger partial charge on any atom is 0.472 e. The van der Waals surface area contributed by atoms with Crippen molar-refractivity contribution in [3.05, 3.63) is 109 Å². The molecule has 0 aromatic heterocycles. The van der Waals surface area contributed by atoms with Gasteiger partial charge in [0.25, 0.3) is 0 Å². The minimum Gasteiger partial charge on any atom is -0.463 e. The highest BCUT2D eigenvalue weighted by molar-refractivity contribution is 7.47. The summed E-state index contributed by atoms with van der Waals surface area (Å²) in [6.45, 7) is 3.29. The first-order valence-electron chi connectivity index (χ1n) is 25.4. The number of phosphoric acid groups is 1. The zero-order chi connectivity index (χ0) is 47.4. The smallest absolute Gasteiger partial charge is 0.463 e. The summed E-state index contributed by atoms with van der Waals surface area (Å²) in [6.07, 6.45) is 67.7.